The molecular formula is C18H27NO2. The fourth-order valence-corrected chi connectivity index (χ4v) is 3.28. The number of benzene rings is 1. The van der Waals surface area contributed by atoms with Crippen molar-refractivity contribution in [1.29, 1.82) is 0 Å². The lowest BCUT2D eigenvalue weighted by Gasteiger charge is -2.34. The molecule has 1 aliphatic carbocycles. The first kappa shape index (κ1) is 16.0. The van der Waals surface area contributed by atoms with Gasteiger partial charge in [-0.05, 0) is 30.5 Å². The van der Waals surface area contributed by atoms with Crippen LogP contribution in [0.2, 0.25) is 0 Å². The lowest BCUT2D eigenvalue weighted by Crippen LogP contribution is -2.36. The van der Waals surface area contributed by atoms with E-state index in [-0.39, 0.29) is 5.97 Å². The molecule has 0 saturated heterocycles. The molecule has 0 radical (unpaired) electrons. The molecule has 0 aromatic heterocycles. The summed E-state index contributed by atoms with van der Waals surface area (Å²) in [7, 11) is 1.45. The molecule has 21 heavy (non-hydrogen) atoms. The van der Waals surface area contributed by atoms with Gasteiger partial charge in [0, 0.05) is 12.6 Å². The van der Waals surface area contributed by atoms with Crippen LogP contribution in [-0.4, -0.2) is 30.6 Å². The van der Waals surface area contributed by atoms with E-state index < -0.39 is 0 Å². The SMILES string of the molecule is CCN(Cc1ccccc1CC(=O)OC)C1CCCCC1. The summed E-state index contributed by atoms with van der Waals surface area (Å²) in [5.41, 5.74) is 2.36. The Kier molecular flexibility index (Phi) is 6.24. The van der Waals surface area contributed by atoms with Crippen molar-refractivity contribution >= 4 is 5.97 Å². The average Bonchev–Trinajstić information content (AvgIpc) is 2.54. The van der Waals surface area contributed by atoms with Crippen LogP contribution in [0.4, 0.5) is 0 Å². The summed E-state index contributed by atoms with van der Waals surface area (Å²) in [6.45, 7) is 4.24. The molecule has 1 aromatic rings. The van der Waals surface area contributed by atoms with Crippen molar-refractivity contribution in [3.05, 3.63) is 35.4 Å². The second-order valence-corrected chi connectivity index (χ2v) is 5.88. The average molecular weight is 289 g/mol. The number of hydrogen-bond acceptors (Lipinski definition) is 3. The zero-order valence-electron chi connectivity index (χ0n) is 13.3. The molecule has 1 saturated carbocycles. The van der Waals surface area contributed by atoms with Crippen LogP contribution < -0.4 is 0 Å². The third-order valence-electron chi connectivity index (χ3n) is 4.55. The molecule has 0 heterocycles. The maximum absolute atomic E-state index is 11.6. The van der Waals surface area contributed by atoms with Gasteiger partial charge < -0.3 is 4.74 Å². The number of rotatable bonds is 6. The summed E-state index contributed by atoms with van der Waals surface area (Å²) in [6.07, 6.45) is 7.08. The van der Waals surface area contributed by atoms with Gasteiger partial charge in [0.25, 0.3) is 0 Å². The third kappa shape index (κ3) is 4.57. The number of methoxy groups -OCH3 is 1. The Morgan fingerprint density at radius 1 is 1.19 bits per heavy atom. The Hall–Kier alpha value is -1.35. The first-order valence-electron chi connectivity index (χ1n) is 8.12. The van der Waals surface area contributed by atoms with Crippen molar-refractivity contribution < 1.29 is 9.53 Å². The van der Waals surface area contributed by atoms with Crippen LogP contribution in [0.3, 0.4) is 0 Å². The van der Waals surface area contributed by atoms with Crippen LogP contribution in [0.5, 0.6) is 0 Å². The fourth-order valence-electron chi connectivity index (χ4n) is 3.28. The van der Waals surface area contributed by atoms with Crippen LogP contribution in [0.1, 0.15) is 50.2 Å². The molecule has 116 valence electrons. The van der Waals surface area contributed by atoms with Gasteiger partial charge in [0.05, 0.1) is 13.5 Å². The molecule has 0 bridgehead atoms. The van der Waals surface area contributed by atoms with E-state index in [4.69, 9.17) is 4.74 Å². The van der Waals surface area contributed by atoms with E-state index in [9.17, 15) is 4.79 Å². The Morgan fingerprint density at radius 3 is 2.48 bits per heavy atom. The number of carbonyl (C=O) groups excluding carboxylic acids is 1. The summed E-state index contributed by atoms with van der Waals surface area (Å²) in [5.74, 6) is -0.164. The van der Waals surface area contributed by atoms with Gasteiger partial charge in [-0.1, -0.05) is 50.5 Å². The molecule has 2 rings (SSSR count). The summed E-state index contributed by atoms with van der Waals surface area (Å²) in [4.78, 5) is 14.1. The number of hydrogen-bond donors (Lipinski definition) is 0. The van der Waals surface area contributed by atoms with Crippen LogP contribution in [0.25, 0.3) is 0 Å². The minimum absolute atomic E-state index is 0.164. The van der Waals surface area contributed by atoms with Crippen molar-refractivity contribution in [2.45, 2.75) is 58.0 Å². The number of esters is 1. The highest BCUT2D eigenvalue weighted by molar-refractivity contribution is 5.72. The van der Waals surface area contributed by atoms with Crippen molar-refractivity contribution in [3.8, 4) is 0 Å². The highest BCUT2D eigenvalue weighted by atomic mass is 16.5. The molecule has 1 aromatic carbocycles. The Morgan fingerprint density at radius 2 is 1.86 bits per heavy atom. The van der Waals surface area contributed by atoms with E-state index in [2.05, 4.69) is 24.0 Å². The molecule has 3 nitrogen and oxygen atoms in total. The maximum Gasteiger partial charge on any atom is 0.309 e. The number of nitrogens with zero attached hydrogens (tertiary/aromatic N) is 1. The van der Waals surface area contributed by atoms with Gasteiger partial charge in [-0.2, -0.15) is 0 Å². The molecule has 0 unspecified atom stereocenters. The normalized spacial score (nSPS) is 16.1. The van der Waals surface area contributed by atoms with Gasteiger partial charge in [0.15, 0.2) is 0 Å². The smallest absolute Gasteiger partial charge is 0.309 e. The summed E-state index contributed by atoms with van der Waals surface area (Å²) < 4.78 is 4.80. The lowest BCUT2D eigenvalue weighted by molar-refractivity contribution is -0.139. The number of ether oxygens (including phenoxy) is 1. The third-order valence-corrected chi connectivity index (χ3v) is 4.55. The van der Waals surface area contributed by atoms with Gasteiger partial charge in [0.2, 0.25) is 0 Å². The molecule has 3 heteroatoms. The molecule has 0 spiro atoms. The first-order valence-corrected chi connectivity index (χ1v) is 8.12. The quantitative estimate of drug-likeness (QED) is 0.750. The van der Waals surface area contributed by atoms with Gasteiger partial charge in [-0.15, -0.1) is 0 Å². The van der Waals surface area contributed by atoms with E-state index in [1.165, 1.54) is 44.8 Å². The van der Waals surface area contributed by atoms with Crippen molar-refractivity contribution in [3.63, 3.8) is 0 Å². The van der Waals surface area contributed by atoms with Crippen molar-refractivity contribution in [2.24, 2.45) is 0 Å². The standard InChI is InChI=1S/C18H27NO2/c1-3-19(17-11-5-4-6-12-17)14-16-10-8-7-9-15(16)13-18(20)21-2/h7-10,17H,3-6,11-14H2,1-2H3. The highest BCUT2D eigenvalue weighted by Gasteiger charge is 2.20. The zero-order valence-corrected chi connectivity index (χ0v) is 13.3. The van der Waals surface area contributed by atoms with Gasteiger partial charge >= 0.3 is 5.97 Å². The molecular weight excluding hydrogens is 262 g/mol. The monoisotopic (exact) mass is 289 g/mol. The van der Waals surface area contributed by atoms with Crippen LogP contribution in [-0.2, 0) is 22.5 Å². The molecule has 0 atom stereocenters. The van der Waals surface area contributed by atoms with Gasteiger partial charge in [-0.25, -0.2) is 0 Å². The van der Waals surface area contributed by atoms with E-state index >= 15 is 0 Å². The number of carbonyl (C=O) groups is 1. The molecule has 1 fully saturated rings. The Labute approximate surface area is 128 Å². The van der Waals surface area contributed by atoms with E-state index in [0.29, 0.717) is 12.5 Å². The van der Waals surface area contributed by atoms with Crippen LogP contribution >= 0.6 is 0 Å². The second-order valence-electron chi connectivity index (χ2n) is 5.88. The minimum Gasteiger partial charge on any atom is -0.469 e. The highest BCUT2D eigenvalue weighted by Crippen LogP contribution is 2.24. The van der Waals surface area contributed by atoms with Crippen molar-refractivity contribution in [1.82, 2.24) is 4.90 Å². The minimum atomic E-state index is -0.164. The lowest BCUT2D eigenvalue weighted by atomic mass is 9.93. The van der Waals surface area contributed by atoms with E-state index in [0.717, 1.165) is 18.7 Å². The summed E-state index contributed by atoms with van der Waals surface area (Å²) in [5, 5.41) is 0. The Balaban J connectivity index is 2.07. The zero-order chi connectivity index (χ0) is 15.1. The predicted octanol–water partition coefficient (Wildman–Crippen LogP) is 3.56. The second kappa shape index (κ2) is 8.18. The summed E-state index contributed by atoms with van der Waals surface area (Å²) in [6, 6.07) is 8.95. The fraction of sp³-hybridized carbons (Fsp3) is 0.611. The van der Waals surface area contributed by atoms with Crippen LogP contribution in [0.15, 0.2) is 24.3 Å². The Bertz CT molecular complexity index is 452. The van der Waals surface area contributed by atoms with Crippen LogP contribution in [0, 0.1) is 0 Å². The van der Waals surface area contributed by atoms with Crippen molar-refractivity contribution in [2.75, 3.05) is 13.7 Å². The summed E-state index contributed by atoms with van der Waals surface area (Å²) >= 11 is 0. The molecule has 0 N–H and O–H groups in total. The molecule has 0 amide bonds. The predicted molar refractivity (Wildman–Crippen MR) is 85.1 cm³/mol. The van der Waals surface area contributed by atoms with Gasteiger partial charge in [0.1, 0.15) is 0 Å². The maximum atomic E-state index is 11.6. The van der Waals surface area contributed by atoms with Gasteiger partial charge in [-0.3, -0.25) is 9.69 Å². The van der Waals surface area contributed by atoms with E-state index in [1.54, 1.807) is 0 Å². The molecule has 0 aliphatic heterocycles. The molecule has 1 aliphatic rings. The topological polar surface area (TPSA) is 29.5 Å². The largest absolute Gasteiger partial charge is 0.469 e. The first-order chi connectivity index (χ1) is 10.2. The van der Waals surface area contributed by atoms with E-state index in [1.807, 2.05) is 12.1 Å².